The first-order valence-corrected chi connectivity index (χ1v) is 5.93. The summed E-state index contributed by atoms with van der Waals surface area (Å²) in [6.07, 6.45) is -0.286. The fourth-order valence-corrected chi connectivity index (χ4v) is 1.92. The molecule has 2 amide bonds. The molecule has 9 nitrogen and oxygen atoms in total. The molecule has 9 heteroatoms. The number of urea groups is 1. The van der Waals surface area contributed by atoms with Crippen molar-refractivity contribution in [2.75, 3.05) is 20.2 Å². The highest BCUT2D eigenvalue weighted by Gasteiger charge is 2.33. The van der Waals surface area contributed by atoms with E-state index < -0.39 is 42.3 Å². The van der Waals surface area contributed by atoms with Crippen LogP contribution >= 0.6 is 0 Å². The van der Waals surface area contributed by atoms with Gasteiger partial charge in [-0.15, -0.1) is 0 Å². The third kappa shape index (κ3) is 4.11. The van der Waals surface area contributed by atoms with Gasteiger partial charge in [0.1, 0.15) is 6.04 Å². The zero-order valence-electron chi connectivity index (χ0n) is 10.9. The number of ether oxygens (including phenoxy) is 1. The number of likely N-dealkylation sites (tertiary alicyclic amines) is 1. The largest absolute Gasteiger partial charge is 0.481 e. The quantitative estimate of drug-likeness (QED) is 0.559. The van der Waals surface area contributed by atoms with Crippen molar-refractivity contribution in [1.82, 2.24) is 10.2 Å². The molecule has 0 spiro atoms. The molecule has 1 unspecified atom stereocenters. The van der Waals surface area contributed by atoms with Gasteiger partial charge in [-0.25, -0.2) is 9.59 Å². The summed E-state index contributed by atoms with van der Waals surface area (Å²) < 4.78 is 4.57. The minimum atomic E-state index is -1.50. The summed E-state index contributed by atoms with van der Waals surface area (Å²) in [6, 6.07) is -2.21. The Kier molecular flexibility index (Phi) is 5.30. The highest BCUT2D eigenvalue weighted by molar-refractivity contribution is 5.86. The van der Waals surface area contributed by atoms with Gasteiger partial charge in [-0.1, -0.05) is 0 Å². The number of hydrogen-bond acceptors (Lipinski definition) is 5. The first-order valence-electron chi connectivity index (χ1n) is 5.93. The van der Waals surface area contributed by atoms with Crippen molar-refractivity contribution < 1.29 is 34.1 Å². The Bertz CT molecular complexity index is 423. The fraction of sp³-hybridized carbons (Fsp3) is 0.636. The van der Waals surface area contributed by atoms with E-state index in [1.54, 1.807) is 0 Å². The molecule has 3 N–H and O–H groups in total. The number of carbonyl (C=O) groups excluding carboxylic acids is 2. The predicted molar refractivity (Wildman–Crippen MR) is 63.9 cm³/mol. The van der Waals surface area contributed by atoms with E-state index in [0.29, 0.717) is 6.42 Å². The van der Waals surface area contributed by atoms with Crippen LogP contribution in [0.3, 0.4) is 0 Å². The summed E-state index contributed by atoms with van der Waals surface area (Å²) in [6.45, 7) is 0.406. The number of aliphatic carboxylic acids is 2. The van der Waals surface area contributed by atoms with E-state index in [1.807, 2.05) is 0 Å². The van der Waals surface area contributed by atoms with Gasteiger partial charge in [-0.2, -0.15) is 0 Å². The molecule has 0 aliphatic carbocycles. The lowest BCUT2D eigenvalue weighted by Crippen LogP contribution is -2.48. The van der Waals surface area contributed by atoms with E-state index >= 15 is 0 Å². The van der Waals surface area contributed by atoms with E-state index in [-0.39, 0.29) is 13.1 Å². The lowest BCUT2D eigenvalue weighted by molar-refractivity contribution is -0.145. The Morgan fingerprint density at radius 2 is 2.00 bits per heavy atom. The van der Waals surface area contributed by atoms with Crippen LogP contribution in [0.4, 0.5) is 4.79 Å². The highest BCUT2D eigenvalue weighted by Crippen LogP contribution is 2.17. The lowest BCUT2D eigenvalue weighted by Gasteiger charge is -2.20. The number of nitrogens with zero attached hydrogens (tertiary/aromatic N) is 1. The molecule has 1 saturated heterocycles. The minimum absolute atomic E-state index is 0.123. The Hall–Kier alpha value is -2.32. The van der Waals surface area contributed by atoms with Crippen LogP contribution in [0.25, 0.3) is 0 Å². The van der Waals surface area contributed by atoms with Gasteiger partial charge >= 0.3 is 23.9 Å². The van der Waals surface area contributed by atoms with Crippen LogP contribution in [-0.4, -0.2) is 65.3 Å². The number of carboxylic acids is 2. The number of esters is 1. The molecule has 1 heterocycles. The van der Waals surface area contributed by atoms with Crippen LogP contribution in [0.2, 0.25) is 0 Å². The summed E-state index contributed by atoms with van der Waals surface area (Å²) in [4.78, 5) is 45.7. The van der Waals surface area contributed by atoms with Gasteiger partial charge in [0.25, 0.3) is 0 Å². The van der Waals surface area contributed by atoms with Gasteiger partial charge in [0, 0.05) is 13.1 Å². The number of rotatable bonds is 5. The third-order valence-corrected chi connectivity index (χ3v) is 2.98. The molecule has 0 bridgehead atoms. The summed E-state index contributed by atoms with van der Waals surface area (Å²) in [5.41, 5.74) is 0. The maximum atomic E-state index is 11.8. The Morgan fingerprint density at radius 3 is 2.50 bits per heavy atom. The number of amides is 2. The third-order valence-electron chi connectivity index (χ3n) is 2.98. The second kappa shape index (κ2) is 6.73. The van der Waals surface area contributed by atoms with E-state index in [1.165, 1.54) is 12.0 Å². The zero-order chi connectivity index (χ0) is 15.3. The minimum Gasteiger partial charge on any atom is -0.481 e. The normalized spacial score (nSPS) is 19.2. The molecule has 0 aromatic rings. The van der Waals surface area contributed by atoms with Crippen LogP contribution in [-0.2, 0) is 19.1 Å². The second-order valence-corrected chi connectivity index (χ2v) is 4.39. The monoisotopic (exact) mass is 288 g/mol. The standard InChI is InChI=1S/C11H16N2O7/c1-20-10(18)6-2-3-13(5-6)11(19)12-7(9(16)17)4-8(14)15/h6-7H,2-5H2,1H3,(H,12,19)(H,14,15)(H,16,17)/t6?,7-/m0/s1. The molecular weight excluding hydrogens is 272 g/mol. The van der Waals surface area contributed by atoms with Crippen molar-refractivity contribution in [3.8, 4) is 0 Å². The number of methoxy groups -OCH3 is 1. The Balaban J connectivity index is 2.56. The molecule has 1 fully saturated rings. The Labute approximate surface area is 114 Å². The fourth-order valence-electron chi connectivity index (χ4n) is 1.92. The summed E-state index contributed by atoms with van der Waals surface area (Å²) >= 11 is 0. The number of carbonyl (C=O) groups is 4. The van der Waals surface area contributed by atoms with Crippen molar-refractivity contribution in [3.63, 3.8) is 0 Å². The zero-order valence-corrected chi connectivity index (χ0v) is 10.9. The van der Waals surface area contributed by atoms with Gasteiger partial charge in [-0.3, -0.25) is 9.59 Å². The smallest absolute Gasteiger partial charge is 0.326 e. The molecule has 1 aliphatic rings. The molecule has 0 saturated carbocycles. The van der Waals surface area contributed by atoms with E-state index in [2.05, 4.69) is 10.1 Å². The summed E-state index contributed by atoms with van der Waals surface area (Å²) in [7, 11) is 1.25. The van der Waals surface area contributed by atoms with E-state index in [4.69, 9.17) is 10.2 Å². The van der Waals surface area contributed by atoms with Crippen molar-refractivity contribution in [2.24, 2.45) is 5.92 Å². The molecular formula is C11H16N2O7. The average Bonchev–Trinajstić information content (AvgIpc) is 2.85. The van der Waals surface area contributed by atoms with Crippen molar-refractivity contribution in [1.29, 1.82) is 0 Å². The molecule has 0 radical (unpaired) electrons. The molecule has 1 rings (SSSR count). The predicted octanol–water partition coefficient (Wildman–Crippen LogP) is -0.881. The SMILES string of the molecule is COC(=O)C1CCN(C(=O)N[C@@H](CC(=O)O)C(=O)O)C1. The van der Waals surface area contributed by atoms with E-state index in [0.717, 1.165) is 0 Å². The van der Waals surface area contributed by atoms with Crippen molar-refractivity contribution in [3.05, 3.63) is 0 Å². The van der Waals surface area contributed by atoms with Crippen LogP contribution in [0.1, 0.15) is 12.8 Å². The van der Waals surface area contributed by atoms with Crippen molar-refractivity contribution >= 4 is 23.9 Å². The summed E-state index contributed by atoms with van der Waals surface area (Å²) in [5.74, 6) is -3.62. The molecule has 2 atom stereocenters. The van der Waals surface area contributed by atoms with Gasteiger partial charge < -0.3 is 25.2 Å². The van der Waals surface area contributed by atoms with E-state index in [9.17, 15) is 19.2 Å². The number of nitrogens with one attached hydrogen (secondary N) is 1. The maximum absolute atomic E-state index is 11.8. The number of carboxylic acid groups (broad SMARTS) is 2. The number of hydrogen-bond donors (Lipinski definition) is 3. The average molecular weight is 288 g/mol. The summed E-state index contributed by atoms with van der Waals surface area (Å²) in [5, 5.41) is 19.5. The van der Waals surface area contributed by atoms with Gasteiger partial charge in [0.05, 0.1) is 19.4 Å². The molecule has 1 aliphatic heterocycles. The van der Waals surface area contributed by atoms with Crippen molar-refractivity contribution in [2.45, 2.75) is 18.9 Å². The second-order valence-electron chi connectivity index (χ2n) is 4.39. The van der Waals surface area contributed by atoms with Gasteiger partial charge in [0.15, 0.2) is 0 Å². The lowest BCUT2D eigenvalue weighted by atomic mass is 10.1. The molecule has 112 valence electrons. The van der Waals surface area contributed by atoms with Crippen LogP contribution in [0, 0.1) is 5.92 Å². The van der Waals surface area contributed by atoms with Crippen LogP contribution in [0.15, 0.2) is 0 Å². The molecule has 0 aromatic carbocycles. The van der Waals surface area contributed by atoms with Gasteiger partial charge in [-0.05, 0) is 6.42 Å². The van der Waals surface area contributed by atoms with Crippen LogP contribution < -0.4 is 5.32 Å². The topological polar surface area (TPSA) is 133 Å². The first-order chi connectivity index (χ1) is 9.35. The molecule has 0 aromatic heterocycles. The Morgan fingerprint density at radius 1 is 1.35 bits per heavy atom. The maximum Gasteiger partial charge on any atom is 0.326 e. The highest BCUT2D eigenvalue weighted by atomic mass is 16.5. The first kappa shape index (κ1) is 15.7. The molecule has 20 heavy (non-hydrogen) atoms. The van der Waals surface area contributed by atoms with Gasteiger partial charge in [0.2, 0.25) is 0 Å². The van der Waals surface area contributed by atoms with Crippen LogP contribution in [0.5, 0.6) is 0 Å².